The summed E-state index contributed by atoms with van der Waals surface area (Å²) in [6.07, 6.45) is 9.23. The van der Waals surface area contributed by atoms with Gasteiger partial charge >= 0.3 is 0 Å². The van der Waals surface area contributed by atoms with Gasteiger partial charge in [0.15, 0.2) is 5.15 Å². The van der Waals surface area contributed by atoms with Gasteiger partial charge in [0.1, 0.15) is 5.82 Å². The van der Waals surface area contributed by atoms with Crippen LogP contribution in [0.5, 0.6) is 0 Å². The largest absolute Gasteiger partial charge is 0.325 e. The first-order valence-corrected chi connectivity index (χ1v) is 13.1. The lowest BCUT2D eigenvalue weighted by Gasteiger charge is -2.34. The summed E-state index contributed by atoms with van der Waals surface area (Å²) < 4.78 is 2.43. The Balaban J connectivity index is 1.97. The molecule has 1 heterocycles. The number of nitrogens with zero attached hydrogens (tertiary/aromatic N) is 3. The van der Waals surface area contributed by atoms with E-state index in [0.29, 0.717) is 5.15 Å². The molecule has 1 saturated carbocycles. The van der Waals surface area contributed by atoms with E-state index in [1.54, 1.807) is 0 Å². The first-order valence-electron chi connectivity index (χ1n) is 12.7. The molecule has 0 aliphatic heterocycles. The van der Waals surface area contributed by atoms with Gasteiger partial charge in [-0.2, -0.15) is 0 Å². The molecule has 0 bridgehead atoms. The van der Waals surface area contributed by atoms with Crippen molar-refractivity contribution >= 4 is 11.6 Å². The molecule has 178 valence electrons. The van der Waals surface area contributed by atoms with Gasteiger partial charge in [0.25, 0.3) is 0 Å². The van der Waals surface area contributed by atoms with Crippen molar-refractivity contribution in [3.8, 4) is 11.4 Å². The van der Waals surface area contributed by atoms with Crippen LogP contribution in [0.25, 0.3) is 11.4 Å². The molecule has 0 atom stereocenters. The minimum atomic E-state index is 0.255. The van der Waals surface area contributed by atoms with Gasteiger partial charge in [-0.25, -0.2) is 4.98 Å². The van der Waals surface area contributed by atoms with Crippen LogP contribution in [-0.2, 0) is 13.1 Å². The third kappa shape index (κ3) is 6.60. The maximum absolute atomic E-state index is 6.88. The number of hydrogen-bond acceptors (Lipinski definition) is 2. The minimum absolute atomic E-state index is 0.255. The fourth-order valence-electron chi connectivity index (χ4n) is 5.33. The van der Waals surface area contributed by atoms with Crippen molar-refractivity contribution in [2.45, 2.75) is 99.6 Å². The van der Waals surface area contributed by atoms with Gasteiger partial charge in [-0.15, -0.1) is 0 Å². The highest BCUT2D eigenvalue weighted by Gasteiger charge is 2.26. The van der Waals surface area contributed by atoms with Gasteiger partial charge in [0.05, 0.1) is 5.69 Å². The third-order valence-electron chi connectivity index (χ3n) is 6.78. The van der Waals surface area contributed by atoms with E-state index in [9.17, 15) is 0 Å². The molecule has 3 rings (SSSR count). The fraction of sp³-hybridized carbons (Fsp3) is 0.679. The van der Waals surface area contributed by atoms with Gasteiger partial charge in [-0.3, -0.25) is 4.90 Å². The summed E-state index contributed by atoms with van der Waals surface area (Å²) >= 11 is 6.88. The first-order chi connectivity index (χ1) is 15.2. The monoisotopic (exact) mass is 457 g/mol. The summed E-state index contributed by atoms with van der Waals surface area (Å²) in [5.74, 6) is 1.86. The smallest absolute Gasteiger partial charge is 0.152 e. The lowest BCUT2D eigenvalue weighted by Crippen LogP contribution is -2.37. The number of imidazole rings is 1. The van der Waals surface area contributed by atoms with E-state index in [0.717, 1.165) is 44.2 Å². The quantitative estimate of drug-likeness (QED) is 0.379. The van der Waals surface area contributed by atoms with Gasteiger partial charge in [0.2, 0.25) is 0 Å². The summed E-state index contributed by atoms with van der Waals surface area (Å²) in [5, 5.41) is 0.682. The highest BCUT2D eigenvalue weighted by atomic mass is 35.5. The van der Waals surface area contributed by atoms with Crippen LogP contribution in [0.2, 0.25) is 5.15 Å². The van der Waals surface area contributed by atoms with E-state index in [1.165, 1.54) is 61.0 Å². The number of hydrogen-bond donors (Lipinski definition) is 0. The van der Waals surface area contributed by atoms with E-state index >= 15 is 0 Å². The van der Waals surface area contributed by atoms with Gasteiger partial charge in [0, 0.05) is 31.7 Å². The number of benzene rings is 1. The Morgan fingerprint density at radius 3 is 2.34 bits per heavy atom. The molecule has 0 spiro atoms. The molecule has 1 aromatic heterocycles. The van der Waals surface area contributed by atoms with E-state index in [2.05, 4.69) is 69.2 Å². The molecule has 2 aromatic rings. The Bertz CT molecular complexity index is 851. The van der Waals surface area contributed by atoms with E-state index in [4.69, 9.17) is 16.6 Å². The molecule has 1 aromatic carbocycles. The Kier molecular flexibility index (Phi) is 8.86. The zero-order valence-electron chi connectivity index (χ0n) is 21.3. The molecule has 0 amide bonds. The van der Waals surface area contributed by atoms with E-state index < -0.39 is 0 Å². The van der Waals surface area contributed by atoms with Crippen LogP contribution in [0.4, 0.5) is 0 Å². The number of halogens is 1. The second-order valence-corrected chi connectivity index (χ2v) is 11.5. The lowest BCUT2D eigenvalue weighted by atomic mass is 9.88. The van der Waals surface area contributed by atoms with Crippen molar-refractivity contribution in [1.29, 1.82) is 0 Å². The zero-order chi connectivity index (χ0) is 23.3. The van der Waals surface area contributed by atoms with Gasteiger partial charge < -0.3 is 4.57 Å². The Morgan fingerprint density at radius 1 is 1.09 bits per heavy atom. The van der Waals surface area contributed by atoms with Crippen molar-refractivity contribution in [1.82, 2.24) is 14.5 Å². The number of aryl methyl sites for hydroxylation is 2. The Morgan fingerprint density at radius 2 is 1.75 bits per heavy atom. The van der Waals surface area contributed by atoms with Crippen molar-refractivity contribution in [2.75, 3.05) is 13.1 Å². The van der Waals surface area contributed by atoms with Crippen molar-refractivity contribution < 1.29 is 0 Å². The third-order valence-corrected chi connectivity index (χ3v) is 7.08. The minimum Gasteiger partial charge on any atom is -0.325 e. The predicted molar refractivity (Wildman–Crippen MR) is 138 cm³/mol. The van der Waals surface area contributed by atoms with Gasteiger partial charge in [-0.05, 0) is 55.6 Å². The molecule has 1 fully saturated rings. The van der Waals surface area contributed by atoms with Crippen LogP contribution in [0.15, 0.2) is 18.2 Å². The van der Waals surface area contributed by atoms with E-state index in [-0.39, 0.29) is 5.41 Å². The summed E-state index contributed by atoms with van der Waals surface area (Å²) in [7, 11) is 0. The standard InChI is InChI=1S/C28H44ClN3/c1-7-8-17-32-24(26(29)30-27(32)25-21(2)13-12-14-22(25)3)19-31(20-28(4,5)6)18-23-15-10-9-11-16-23/h12-14,23H,7-11,15-20H2,1-6H3. The molecule has 1 aliphatic carbocycles. The van der Waals surface area contributed by atoms with Crippen LogP contribution in [0.1, 0.15) is 89.5 Å². The van der Waals surface area contributed by atoms with Gasteiger partial charge in [-0.1, -0.05) is 83.2 Å². The molecule has 1 aliphatic rings. The van der Waals surface area contributed by atoms with E-state index in [1.807, 2.05) is 0 Å². The highest BCUT2D eigenvalue weighted by Crippen LogP contribution is 2.33. The lowest BCUT2D eigenvalue weighted by molar-refractivity contribution is 0.141. The SMILES string of the molecule is CCCCn1c(-c2c(C)cccc2C)nc(Cl)c1CN(CC1CCCCC1)CC(C)(C)C. The Hall–Kier alpha value is -1.32. The molecule has 0 N–H and O–H groups in total. The van der Waals surface area contributed by atoms with Crippen molar-refractivity contribution in [3.63, 3.8) is 0 Å². The molecule has 0 saturated heterocycles. The fourth-order valence-corrected chi connectivity index (χ4v) is 5.57. The molecule has 3 nitrogen and oxygen atoms in total. The van der Waals surface area contributed by atoms with Crippen LogP contribution < -0.4 is 0 Å². The summed E-state index contributed by atoms with van der Waals surface area (Å²) in [6.45, 7) is 17.8. The number of aromatic nitrogens is 2. The molecule has 0 radical (unpaired) electrons. The second-order valence-electron chi connectivity index (χ2n) is 11.2. The van der Waals surface area contributed by atoms with Crippen LogP contribution >= 0.6 is 11.6 Å². The molecule has 0 unspecified atom stereocenters. The normalized spacial score (nSPS) is 15.6. The predicted octanol–water partition coefficient (Wildman–Crippen LogP) is 8.05. The topological polar surface area (TPSA) is 21.1 Å². The van der Waals surface area contributed by atoms with Crippen molar-refractivity contribution in [3.05, 3.63) is 40.2 Å². The summed E-state index contributed by atoms with van der Waals surface area (Å²) in [4.78, 5) is 7.62. The Labute approximate surface area is 201 Å². The first kappa shape index (κ1) is 25.3. The zero-order valence-corrected chi connectivity index (χ0v) is 22.1. The van der Waals surface area contributed by atoms with Crippen LogP contribution in [0, 0.1) is 25.2 Å². The van der Waals surface area contributed by atoms with Crippen LogP contribution in [0.3, 0.4) is 0 Å². The molecular weight excluding hydrogens is 414 g/mol. The molecule has 4 heteroatoms. The maximum atomic E-state index is 6.88. The van der Waals surface area contributed by atoms with Crippen molar-refractivity contribution in [2.24, 2.45) is 11.3 Å². The number of rotatable bonds is 9. The highest BCUT2D eigenvalue weighted by molar-refractivity contribution is 6.30. The maximum Gasteiger partial charge on any atom is 0.152 e. The molecule has 32 heavy (non-hydrogen) atoms. The molecular formula is C28H44ClN3. The summed E-state index contributed by atoms with van der Waals surface area (Å²) in [5.41, 5.74) is 5.23. The summed E-state index contributed by atoms with van der Waals surface area (Å²) in [6, 6.07) is 6.50. The number of unbranched alkanes of at least 4 members (excludes halogenated alkanes) is 1. The average molecular weight is 458 g/mol. The van der Waals surface area contributed by atoms with Crippen LogP contribution in [-0.4, -0.2) is 27.5 Å². The average Bonchev–Trinajstić information content (AvgIpc) is 3.01. The second kappa shape index (κ2) is 11.2.